The highest BCUT2D eigenvalue weighted by atomic mass is 35.5. The molecular formula is C17H22ClNO. The highest BCUT2D eigenvalue weighted by molar-refractivity contribution is 6.30. The Morgan fingerprint density at radius 3 is 2.50 bits per heavy atom. The second kappa shape index (κ2) is 7.49. The molecule has 1 fully saturated rings. The number of benzene rings is 1. The molecule has 1 amide bonds. The Morgan fingerprint density at radius 2 is 1.90 bits per heavy atom. The number of hydrogen-bond donors (Lipinski definition) is 0. The SMILES string of the molecule is CCN(C(=O)C=Cc1ccc(Cl)cc1)C1CCCCC1. The largest absolute Gasteiger partial charge is 0.336 e. The maximum Gasteiger partial charge on any atom is 0.246 e. The first-order valence-corrected chi connectivity index (χ1v) is 7.82. The lowest BCUT2D eigenvalue weighted by Crippen LogP contribution is -2.40. The van der Waals surface area contributed by atoms with Gasteiger partial charge in [-0.2, -0.15) is 0 Å². The second-order valence-electron chi connectivity index (χ2n) is 5.30. The summed E-state index contributed by atoms with van der Waals surface area (Å²) in [6, 6.07) is 7.94. The summed E-state index contributed by atoms with van der Waals surface area (Å²) >= 11 is 5.85. The molecule has 0 aliphatic heterocycles. The summed E-state index contributed by atoms with van der Waals surface area (Å²) < 4.78 is 0. The molecule has 1 aromatic rings. The molecule has 20 heavy (non-hydrogen) atoms. The van der Waals surface area contributed by atoms with Crippen molar-refractivity contribution in [3.63, 3.8) is 0 Å². The second-order valence-corrected chi connectivity index (χ2v) is 5.74. The molecule has 108 valence electrons. The van der Waals surface area contributed by atoms with Gasteiger partial charge in [0.25, 0.3) is 0 Å². The standard InChI is InChI=1S/C17H22ClNO/c1-2-19(16-6-4-3-5-7-16)17(20)13-10-14-8-11-15(18)12-9-14/h8-13,16H,2-7H2,1H3. The molecule has 1 aliphatic carbocycles. The van der Waals surface area contributed by atoms with Crippen LogP contribution in [-0.2, 0) is 4.79 Å². The van der Waals surface area contributed by atoms with Gasteiger partial charge in [0.2, 0.25) is 5.91 Å². The molecule has 1 saturated carbocycles. The monoisotopic (exact) mass is 291 g/mol. The smallest absolute Gasteiger partial charge is 0.246 e. The average molecular weight is 292 g/mol. The lowest BCUT2D eigenvalue weighted by Gasteiger charge is -2.32. The van der Waals surface area contributed by atoms with Gasteiger partial charge in [-0.3, -0.25) is 4.79 Å². The van der Waals surface area contributed by atoms with Crippen molar-refractivity contribution in [1.29, 1.82) is 0 Å². The van der Waals surface area contributed by atoms with E-state index in [0.717, 1.165) is 24.9 Å². The van der Waals surface area contributed by atoms with Gasteiger partial charge in [-0.05, 0) is 43.5 Å². The Bertz CT molecular complexity index is 460. The Morgan fingerprint density at radius 1 is 1.25 bits per heavy atom. The molecule has 0 N–H and O–H groups in total. The van der Waals surface area contributed by atoms with E-state index in [2.05, 4.69) is 6.92 Å². The molecule has 3 heteroatoms. The zero-order chi connectivity index (χ0) is 14.4. The summed E-state index contributed by atoms with van der Waals surface area (Å²) in [6.45, 7) is 2.84. The van der Waals surface area contributed by atoms with Crippen molar-refractivity contribution in [2.24, 2.45) is 0 Å². The normalized spacial score (nSPS) is 16.5. The van der Waals surface area contributed by atoms with Crippen molar-refractivity contribution in [3.8, 4) is 0 Å². The van der Waals surface area contributed by atoms with E-state index in [1.165, 1.54) is 19.3 Å². The number of carbonyl (C=O) groups excluding carboxylic acids is 1. The van der Waals surface area contributed by atoms with Gasteiger partial charge in [0.1, 0.15) is 0 Å². The van der Waals surface area contributed by atoms with Crippen molar-refractivity contribution >= 4 is 23.6 Å². The number of likely N-dealkylation sites (N-methyl/N-ethyl adjacent to an activating group) is 1. The molecule has 0 bridgehead atoms. The summed E-state index contributed by atoms with van der Waals surface area (Å²) in [5.41, 5.74) is 1.00. The van der Waals surface area contributed by atoms with Crippen LogP contribution in [0.3, 0.4) is 0 Å². The number of halogens is 1. The van der Waals surface area contributed by atoms with E-state index in [1.54, 1.807) is 6.08 Å². The third-order valence-corrected chi connectivity index (χ3v) is 4.18. The molecular weight excluding hydrogens is 270 g/mol. The van der Waals surface area contributed by atoms with Crippen LogP contribution in [0.15, 0.2) is 30.3 Å². The van der Waals surface area contributed by atoms with E-state index in [-0.39, 0.29) is 5.91 Å². The summed E-state index contributed by atoms with van der Waals surface area (Å²) in [4.78, 5) is 14.3. The molecule has 0 unspecified atom stereocenters. The van der Waals surface area contributed by atoms with Crippen molar-refractivity contribution in [2.75, 3.05) is 6.54 Å². The highest BCUT2D eigenvalue weighted by Gasteiger charge is 2.22. The maximum atomic E-state index is 12.3. The third kappa shape index (κ3) is 4.11. The first kappa shape index (κ1) is 15.1. The van der Waals surface area contributed by atoms with E-state index >= 15 is 0 Å². The van der Waals surface area contributed by atoms with E-state index in [1.807, 2.05) is 35.2 Å². The van der Waals surface area contributed by atoms with E-state index in [0.29, 0.717) is 11.1 Å². The Balaban J connectivity index is 1.99. The van der Waals surface area contributed by atoms with Gasteiger partial charge in [-0.1, -0.05) is 43.0 Å². The van der Waals surface area contributed by atoms with Gasteiger partial charge in [-0.25, -0.2) is 0 Å². The first-order chi connectivity index (χ1) is 9.70. The highest BCUT2D eigenvalue weighted by Crippen LogP contribution is 2.22. The van der Waals surface area contributed by atoms with Crippen molar-refractivity contribution in [3.05, 3.63) is 40.9 Å². The maximum absolute atomic E-state index is 12.3. The van der Waals surface area contributed by atoms with Crippen LogP contribution in [0.5, 0.6) is 0 Å². The van der Waals surface area contributed by atoms with Crippen LogP contribution < -0.4 is 0 Å². The Labute approximate surface area is 126 Å². The third-order valence-electron chi connectivity index (χ3n) is 3.93. The Hall–Kier alpha value is -1.28. The van der Waals surface area contributed by atoms with Gasteiger partial charge in [0.15, 0.2) is 0 Å². The van der Waals surface area contributed by atoms with Crippen molar-refractivity contribution in [2.45, 2.75) is 45.1 Å². The summed E-state index contributed by atoms with van der Waals surface area (Å²) in [5.74, 6) is 0.120. The molecule has 2 nitrogen and oxygen atoms in total. The number of carbonyl (C=O) groups is 1. The number of hydrogen-bond acceptors (Lipinski definition) is 1. The fourth-order valence-corrected chi connectivity index (χ4v) is 2.95. The van der Waals surface area contributed by atoms with Crippen LogP contribution in [0, 0.1) is 0 Å². The van der Waals surface area contributed by atoms with Gasteiger partial charge >= 0.3 is 0 Å². The number of amides is 1. The Kier molecular flexibility index (Phi) is 5.66. The summed E-state index contributed by atoms with van der Waals surface area (Å²) in [5, 5.41) is 0.714. The number of nitrogens with zero attached hydrogens (tertiary/aromatic N) is 1. The molecule has 0 spiro atoms. The van der Waals surface area contributed by atoms with Gasteiger partial charge in [0.05, 0.1) is 0 Å². The van der Waals surface area contributed by atoms with Crippen LogP contribution in [0.2, 0.25) is 5.02 Å². The van der Waals surface area contributed by atoms with E-state index < -0.39 is 0 Å². The van der Waals surface area contributed by atoms with Crippen LogP contribution >= 0.6 is 11.6 Å². The fourth-order valence-electron chi connectivity index (χ4n) is 2.82. The minimum atomic E-state index is 0.120. The minimum Gasteiger partial charge on any atom is -0.336 e. The van der Waals surface area contributed by atoms with Gasteiger partial charge in [0, 0.05) is 23.7 Å². The molecule has 0 aromatic heterocycles. The quantitative estimate of drug-likeness (QED) is 0.746. The molecule has 1 aromatic carbocycles. The molecule has 1 aliphatic rings. The van der Waals surface area contributed by atoms with Gasteiger partial charge in [-0.15, -0.1) is 0 Å². The van der Waals surface area contributed by atoms with Crippen molar-refractivity contribution in [1.82, 2.24) is 4.90 Å². The zero-order valence-electron chi connectivity index (χ0n) is 12.0. The van der Waals surface area contributed by atoms with E-state index in [4.69, 9.17) is 11.6 Å². The molecule has 0 heterocycles. The lowest BCUT2D eigenvalue weighted by atomic mass is 9.94. The topological polar surface area (TPSA) is 20.3 Å². The van der Waals surface area contributed by atoms with Crippen LogP contribution in [-0.4, -0.2) is 23.4 Å². The van der Waals surface area contributed by atoms with Crippen LogP contribution in [0.1, 0.15) is 44.6 Å². The van der Waals surface area contributed by atoms with Crippen LogP contribution in [0.4, 0.5) is 0 Å². The molecule has 0 saturated heterocycles. The molecule has 0 atom stereocenters. The average Bonchev–Trinajstić information content (AvgIpc) is 2.48. The predicted octanol–water partition coefficient (Wildman–Crippen LogP) is 4.53. The summed E-state index contributed by atoms with van der Waals surface area (Å²) in [7, 11) is 0. The predicted molar refractivity (Wildman–Crippen MR) is 84.7 cm³/mol. The fraction of sp³-hybridized carbons (Fsp3) is 0.471. The number of rotatable bonds is 4. The zero-order valence-corrected chi connectivity index (χ0v) is 12.8. The minimum absolute atomic E-state index is 0.120. The first-order valence-electron chi connectivity index (χ1n) is 7.45. The molecule has 2 rings (SSSR count). The summed E-state index contributed by atoms with van der Waals surface area (Å²) in [6.07, 6.45) is 9.64. The lowest BCUT2D eigenvalue weighted by molar-refractivity contribution is -0.128. The van der Waals surface area contributed by atoms with Gasteiger partial charge < -0.3 is 4.90 Å². The van der Waals surface area contributed by atoms with Crippen molar-refractivity contribution < 1.29 is 4.79 Å². The van der Waals surface area contributed by atoms with Crippen LogP contribution in [0.25, 0.3) is 6.08 Å². The molecule has 0 radical (unpaired) electrons. The van der Waals surface area contributed by atoms with E-state index in [9.17, 15) is 4.79 Å².